The Morgan fingerprint density at radius 1 is 1.11 bits per heavy atom. The van der Waals surface area contributed by atoms with Crippen molar-refractivity contribution in [1.29, 1.82) is 0 Å². The Morgan fingerprint density at radius 3 is 2.50 bits per heavy atom. The zero-order valence-electron chi connectivity index (χ0n) is 26.2. The number of hydrogen-bond acceptors (Lipinski definition) is 9. The summed E-state index contributed by atoms with van der Waals surface area (Å²) in [5.41, 5.74) is 7.58. The summed E-state index contributed by atoms with van der Waals surface area (Å²) in [6.45, 7) is 13.5. The molecule has 238 valence electrons. The van der Waals surface area contributed by atoms with Crippen LogP contribution in [-0.2, 0) is 36.5 Å². The van der Waals surface area contributed by atoms with Crippen molar-refractivity contribution in [2.45, 2.75) is 79.4 Å². The molecular weight excluding hydrogens is 605 g/mol. The molecule has 4 aromatic rings. The standard InChI is InChI=1S/C31H41ClN5O6P/c1-8-40-18-25-35-27-28(23-14-9-10-15-24(23)34-29(27)33)37(25)17-20(4)42-44(39,43-22-13-11-12-21(32)16-22)36-26(19(2)3)30(38)41-31(5,6)7/h9-16,19-20,26H,8,17-18H2,1-7H3,(H2,33,34)(H,36,39)/t20-,26+,44?/m1/s1. The lowest BCUT2D eigenvalue weighted by Gasteiger charge is -2.30. The number of hydrogen-bond donors (Lipinski definition) is 2. The SMILES string of the molecule is CCOCc1nc2c(N)nc3ccccc3c2n1C[C@@H](C)OP(=O)(N[C@H](C(=O)OC(C)(C)C)C(C)C)Oc1cccc(Cl)c1. The van der Waals surface area contributed by atoms with Gasteiger partial charge in [0, 0.05) is 17.0 Å². The van der Waals surface area contributed by atoms with Gasteiger partial charge in [-0.05, 0) is 64.8 Å². The fourth-order valence-corrected chi connectivity index (χ4v) is 6.70. The number of nitrogens with two attached hydrogens (primary N) is 1. The van der Waals surface area contributed by atoms with Crippen LogP contribution in [0.4, 0.5) is 5.82 Å². The number of carbonyl (C=O) groups excluding carboxylic acids is 1. The predicted octanol–water partition coefficient (Wildman–Crippen LogP) is 6.90. The van der Waals surface area contributed by atoms with E-state index < -0.39 is 31.5 Å². The normalized spacial score (nSPS) is 14.9. The van der Waals surface area contributed by atoms with Crippen LogP contribution in [0, 0.1) is 5.92 Å². The van der Waals surface area contributed by atoms with Crippen molar-refractivity contribution in [1.82, 2.24) is 19.6 Å². The van der Waals surface area contributed by atoms with Crippen LogP contribution in [0.2, 0.25) is 5.02 Å². The van der Waals surface area contributed by atoms with Crippen molar-refractivity contribution < 1.29 is 27.9 Å². The van der Waals surface area contributed by atoms with E-state index in [1.807, 2.05) is 49.6 Å². The van der Waals surface area contributed by atoms with Crippen LogP contribution in [0.25, 0.3) is 21.9 Å². The van der Waals surface area contributed by atoms with Gasteiger partial charge in [0.15, 0.2) is 5.82 Å². The van der Waals surface area contributed by atoms with Gasteiger partial charge in [0.05, 0.1) is 23.7 Å². The summed E-state index contributed by atoms with van der Waals surface area (Å²) >= 11 is 6.19. The van der Waals surface area contributed by atoms with Crippen LogP contribution in [0.3, 0.4) is 0 Å². The highest BCUT2D eigenvalue weighted by Crippen LogP contribution is 2.47. The van der Waals surface area contributed by atoms with E-state index in [4.69, 9.17) is 40.8 Å². The number of aromatic nitrogens is 3. The third kappa shape index (κ3) is 8.28. The highest BCUT2D eigenvalue weighted by molar-refractivity contribution is 7.52. The van der Waals surface area contributed by atoms with Crippen LogP contribution in [0.15, 0.2) is 48.5 Å². The maximum Gasteiger partial charge on any atom is 0.459 e. The number of para-hydroxylation sites is 1. The number of esters is 1. The largest absolute Gasteiger partial charge is 0.459 e. The Balaban J connectivity index is 1.73. The van der Waals surface area contributed by atoms with E-state index in [0.29, 0.717) is 28.5 Å². The van der Waals surface area contributed by atoms with Gasteiger partial charge in [-0.3, -0.25) is 9.32 Å². The first-order valence-corrected chi connectivity index (χ1v) is 16.5. The van der Waals surface area contributed by atoms with Crippen LogP contribution in [0.5, 0.6) is 5.75 Å². The summed E-state index contributed by atoms with van der Waals surface area (Å²) in [5, 5.41) is 4.10. The summed E-state index contributed by atoms with van der Waals surface area (Å²) in [6.07, 6.45) is -0.718. The average molecular weight is 646 g/mol. The van der Waals surface area contributed by atoms with Gasteiger partial charge in [0.2, 0.25) is 0 Å². The minimum atomic E-state index is -4.23. The predicted molar refractivity (Wildman–Crippen MR) is 173 cm³/mol. The second-order valence-electron chi connectivity index (χ2n) is 11.8. The van der Waals surface area contributed by atoms with E-state index >= 15 is 0 Å². The lowest BCUT2D eigenvalue weighted by atomic mass is 10.1. The van der Waals surface area contributed by atoms with Gasteiger partial charge < -0.3 is 24.3 Å². The maximum atomic E-state index is 14.5. The molecule has 0 radical (unpaired) electrons. The number of ether oxygens (including phenoxy) is 2. The van der Waals surface area contributed by atoms with Crippen molar-refractivity contribution in [2.75, 3.05) is 12.3 Å². The molecule has 0 saturated carbocycles. The van der Waals surface area contributed by atoms with Crippen molar-refractivity contribution in [3.05, 3.63) is 59.4 Å². The van der Waals surface area contributed by atoms with E-state index in [9.17, 15) is 9.36 Å². The average Bonchev–Trinajstić information content (AvgIpc) is 3.28. The molecule has 0 fully saturated rings. The molecule has 0 spiro atoms. The van der Waals surface area contributed by atoms with Gasteiger partial charge >= 0.3 is 13.7 Å². The van der Waals surface area contributed by atoms with E-state index in [1.165, 1.54) is 6.07 Å². The summed E-state index contributed by atoms with van der Waals surface area (Å²) in [7, 11) is -4.23. The molecule has 2 heterocycles. The molecular formula is C31H41ClN5O6P. The van der Waals surface area contributed by atoms with Crippen molar-refractivity contribution in [2.24, 2.45) is 5.92 Å². The molecule has 0 aliphatic heterocycles. The highest BCUT2D eigenvalue weighted by atomic mass is 35.5. The molecule has 11 nitrogen and oxygen atoms in total. The van der Waals surface area contributed by atoms with E-state index in [1.54, 1.807) is 45.9 Å². The number of nitrogens with zero attached hydrogens (tertiary/aromatic N) is 3. The number of anilines is 1. The van der Waals surface area contributed by atoms with Gasteiger partial charge in [0.1, 0.15) is 35.3 Å². The first-order chi connectivity index (χ1) is 20.7. The summed E-state index contributed by atoms with van der Waals surface area (Å²) in [4.78, 5) is 22.5. The highest BCUT2D eigenvalue weighted by Gasteiger charge is 2.39. The number of benzene rings is 2. The molecule has 44 heavy (non-hydrogen) atoms. The van der Waals surface area contributed by atoms with Crippen LogP contribution < -0.4 is 15.3 Å². The van der Waals surface area contributed by atoms with Gasteiger partial charge in [-0.25, -0.2) is 14.5 Å². The third-order valence-electron chi connectivity index (χ3n) is 6.53. The Morgan fingerprint density at radius 2 is 1.84 bits per heavy atom. The zero-order valence-corrected chi connectivity index (χ0v) is 27.8. The molecule has 3 N–H and O–H groups in total. The smallest absolute Gasteiger partial charge is 0.459 e. The molecule has 1 unspecified atom stereocenters. The molecule has 0 aliphatic rings. The molecule has 3 atom stereocenters. The lowest BCUT2D eigenvalue weighted by Crippen LogP contribution is -2.44. The van der Waals surface area contributed by atoms with Crippen LogP contribution in [0.1, 0.15) is 54.3 Å². The summed E-state index contributed by atoms with van der Waals surface area (Å²) < 4.78 is 40.0. The summed E-state index contributed by atoms with van der Waals surface area (Å²) in [6, 6.07) is 13.1. The molecule has 4 rings (SSSR count). The minimum Gasteiger partial charge on any atom is -0.459 e. The number of nitrogens with one attached hydrogen (secondary N) is 1. The fraction of sp³-hybridized carbons (Fsp3) is 0.452. The van der Waals surface area contributed by atoms with Crippen molar-refractivity contribution in [3.8, 4) is 5.75 Å². The van der Waals surface area contributed by atoms with E-state index in [2.05, 4.69) is 10.1 Å². The van der Waals surface area contributed by atoms with Crippen LogP contribution >= 0.6 is 19.3 Å². The number of imidazole rings is 1. The number of pyridine rings is 1. The van der Waals surface area contributed by atoms with Gasteiger partial charge in [-0.15, -0.1) is 0 Å². The van der Waals surface area contributed by atoms with Gasteiger partial charge in [0.25, 0.3) is 0 Å². The molecule has 2 aromatic carbocycles. The molecule has 13 heteroatoms. The van der Waals surface area contributed by atoms with E-state index in [0.717, 1.165) is 10.9 Å². The molecule has 0 aliphatic carbocycles. The number of rotatable bonds is 13. The Kier molecular flexibility index (Phi) is 10.6. The fourth-order valence-electron chi connectivity index (χ4n) is 4.68. The number of halogens is 1. The third-order valence-corrected chi connectivity index (χ3v) is 8.45. The van der Waals surface area contributed by atoms with Crippen molar-refractivity contribution >= 4 is 53.1 Å². The maximum absolute atomic E-state index is 14.5. The number of nitrogen functional groups attached to an aromatic ring is 1. The minimum absolute atomic E-state index is 0.204. The molecule has 0 amide bonds. The zero-order chi connectivity index (χ0) is 32.2. The van der Waals surface area contributed by atoms with Gasteiger partial charge in [-0.1, -0.05) is 49.7 Å². The molecule has 0 bridgehead atoms. The quantitative estimate of drug-likeness (QED) is 0.116. The Bertz CT molecular complexity index is 1670. The second-order valence-corrected chi connectivity index (χ2v) is 13.9. The first kappa shape index (κ1) is 33.7. The molecule has 2 aromatic heterocycles. The van der Waals surface area contributed by atoms with E-state index in [-0.39, 0.29) is 30.6 Å². The number of carbonyl (C=O) groups is 1. The van der Waals surface area contributed by atoms with Crippen molar-refractivity contribution in [3.63, 3.8) is 0 Å². The topological polar surface area (TPSA) is 140 Å². The lowest BCUT2D eigenvalue weighted by molar-refractivity contribution is -0.158. The Labute approximate surface area is 263 Å². The number of fused-ring (bicyclic) bond motifs is 3. The monoisotopic (exact) mass is 645 g/mol. The first-order valence-electron chi connectivity index (χ1n) is 14.5. The summed E-state index contributed by atoms with van der Waals surface area (Å²) in [5.74, 6) is 0.222. The van der Waals surface area contributed by atoms with Gasteiger partial charge in [-0.2, -0.15) is 5.09 Å². The Hall–Kier alpha value is -3.21. The molecule has 0 saturated heterocycles. The second kappa shape index (κ2) is 13.8. The van der Waals surface area contributed by atoms with Crippen LogP contribution in [-0.4, -0.2) is 44.9 Å².